The van der Waals surface area contributed by atoms with Gasteiger partial charge in [-0.25, -0.2) is 9.37 Å². The molecule has 1 atom stereocenters. The zero-order chi connectivity index (χ0) is 23.5. The number of halogens is 1. The summed E-state index contributed by atoms with van der Waals surface area (Å²) in [4.78, 5) is 4.47. The van der Waals surface area contributed by atoms with Crippen molar-refractivity contribution in [3.63, 3.8) is 0 Å². The van der Waals surface area contributed by atoms with Gasteiger partial charge in [-0.3, -0.25) is 0 Å². The van der Waals surface area contributed by atoms with Crippen LogP contribution in [0, 0.1) is 11.7 Å². The van der Waals surface area contributed by atoms with Crippen molar-refractivity contribution in [3.05, 3.63) is 64.4 Å². The van der Waals surface area contributed by atoms with Crippen LogP contribution >= 0.6 is 11.3 Å². The minimum Gasteiger partial charge on any atom is -0.393 e. The summed E-state index contributed by atoms with van der Waals surface area (Å²) in [5, 5.41) is 12.4. The third kappa shape index (κ3) is 8.47. The van der Waals surface area contributed by atoms with Crippen LogP contribution < -0.4 is 5.32 Å². The molecule has 2 heterocycles. The van der Waals surface area contributed by atoms with Crippen LogP contribution in [0.1, 0.15) is 78.3 Å². The van der Waals surface area contributed by atoms with E-state index in [9.17, 15) is 4.39 Å². The molecule has 0 radical (unpaired) electrons. The quantitative estimate of drug-likeness (QED) is 0.340. The lowest BCUT2D eigenvalue weighted by Gasteiger charge is -2.22. The highest BCUT2D eigenvalue weighted by atomic mass is 32.1. The number of aliphatic hydroxyl groups is 1. The number of nitrogens with one attached hydrogen (secondary N) is 1. The van der Waals surface area contributed by atoms with E-state index in [1.54, 1.807) is 23.5 Å². The van der Waals surface area contributed by atoms with Gasteiger partial charge in [-0.2, -0.15) is 0 Å². The number of hydrogen-bond donors (Lipinski definition) is 2. The molecule has 0 saturated carbocycles. The molecule has 1 saturated heterocycles. The Morgan fingerprint density at radius 2 is 1.97 bits per heavy atom. The number of unbranched alkanes of at least 4 members (excludes halogenated alkanes) is 1. The molecule has 1 aliphatic rings. The van der Waals surface area contributed by atoms with E-state index in [1.165, 1.54) is 54.6 Å². The molecule has 0 aliphatic carbocycles. The second-order valence-corrected chi connectivity index (χ2v) is 10.2. The third-order valence-electron chi connectivity index (χ3n) is 6.49. The molecule has 5 heteroatoms. The Balaban J connectivity index is 0.000000379. The fraction of sp³-hybridized carbons (Fsp3) is 0.536. The van der Waals surface area contributed by atoms with Crippen molar-refractivity contribution in [1.82, 2.24) is 10.3 Å². The van der Waals surface area contributed by atoms with E-state index < -0.39 is 0 Å². The van der Waals surface area contributed by atoms with E-state index in [0.717, 1.165) is 49.1 Å². The summed E-state index contributed by atoms with van der Waals surface area (Å²) in [7, 11) is 0. The zero-order valence-electron chi connectivity index (χ0n) is 20.2. The van der Waals surface area contributed by atoms with Gasteiger partial charge in [0.2, 0.25) is 0 Å². The number of hydrogen-bond acceptors (Lipinski definition) is 4. The van der Waals surface area contributed by atoms with E-state index in [1.807, 2.05) is 18.5 Å². The molecule has 0 spiro atoms. The maximum absolute atomic E-state index is 13.5. The van der Waals surface area contributed by atoms with Crippen LogP contribution in [0.5, 0.6) is 0 Å². The summed E-state index contributed by atoms with van der Waals surface area (Å²) in [6.07, 6.45) is 10.0. The van der Waals surface area contributed by atoms with Gasteiger partial charge in [0.25, 0.3) is 0 Å². The van der Waals surface area contributed by atoms with Gasteiger partial charge < -0.3 is 10.4 Å². The molecule has 184 valence electrons. The number of nitrogens with zero attached hydrogens (tertiary/aromatic N) is 1. The van der Waals surface area contributed by atoms with Gasteiger partial charge in [0, 0.05) is 2.85 Å². The van der Waals surface area contributed by atoms with E-state index >= 15 is 0 Å². The van der Waals surface area contributed by atoms with Gasteiger partial charge in [-0.1, -0.05) is 44.4 Å². The smallest absolute Gasteiger partial charge is 0.123 e. The number of piperidine rings is 1. The predicted molar refractivity (Wildman–Crippen MR) is 143 cm³/mol. The van der Waals surface area contributed by atoms with E-state index in [4.69, 9.17) is 5.11 Å². The van der Waals surface area contributed by atoms with Crippen LogP contribution in [-0.2, 0) is 12.8 Å². The first-order chi connectivity index (χ1) is 16.1. The molecule has 2 N–H and O–H groups in total. The molecule has 3 aromatic rings. The SMILES string of the molecule is CC(O)CCCC1CCNCC1.CCCCc1cc(F)ccc1Cc1cccc2scnc12.[HH].[HH]. The Bertz CT molecular complexity index is 977. The summed E-state index contributed by atoms with van der Waals surface area (Å²) < 4.78 is 14.7. The summed E-state index contributed by atoms with van der Waals surface area (Å²) >= 11 is 1.66. The Morgan fingerprint density at radius 3 is 2.73 bits per heavy atom. The number of aryl methyl sites for hydroxylation is 1. The molecule has 1 aromatic heterocycles. The van der Waals surface area contributed by atoms with Gasteiger partial charge >= 0.3 is 0 Å². The van der Waals surface area contributed by atoms with Crippen LogP contribution in [0.2, 0.25) is 0 Å². The lowest BCUT2D eigenvalue weighted by molar-refractivity contribution is 0.176. The lowest BCUT2D eigenvalue weighted by Crippen LogP contribution is -2.27. The first kappa shape index (κ1) is 25.8. The minimum atomic E-state index is -0.142. The molecule has 0 bridgehead atoms. The molecule has 4 rings (SSSR count). The molecule has 3 nitrogen and oxygen atoms in total. The number of benzene rings is 2. The van der Waals surface area contributed by atoms with Gasteiger partial charge in [0.1, 0.15) is 5.82 Å². The summed E-state index contributed by atoms with van der Waals surface area (Å²) in [5.41, 5.74) is 6.53. The fourth-order valence-electron chi connectivity index (χ4n) is 4.53. The number of aliphatic hydroxyl groups excluding tert-OH is 1. The minimum absolute atomic E-state index is 0. The van der Waals surface area contributed by atoms with Crippen LogP contribution in [0.15, 0.2) is 41.9 Å². The number of aromatic nitrogens is 1. The predicted octanol–water partition coefficient (Wildman–Crippen LogP) is 7.40. The summed E-state index contributed by atoms with van der Waals surface area (Å²) in [6, 6.07) is 11.5. The highest BCUT2D eigenvalue weighted by Crippen LogP contribution is 2.25. The molecule has 0 amide bonds. The molecule has 1 unspecified atom stereocenters. The lowest BCUT2D eigenvalue weighted by atomic mass is 9.92. The largest absolute Gasteiger partial charge is 0.393 e. The van der Waals surface area contributed by atoms with Crippen LogP contribution in [-0.4, -0.2) is 29.3 Å². The van der Waals surface area contributed by atoms with Crippen molar-refractivity contribution in [1.29, 1.82) is 0 Å². The average Bonchev–Trinajstić information content (AvgIpc) is 3.30. The van der Waals surface area contributed by atoms with Crippen molar-refractivity contribution in [2.75, 3.05) is 13.1 Å². The van der Waals surface area contributed by atoms with Crippen molar-refractivity contribution in [3.8, 4) is 0 Å². The van der Waals surface area contributed by atoms with Crippen LogP contribution in [0.3, 0.4) is 0 Å². The maximum atomic E-state index is 13.5. The number of thiazole rings is 1. The highest BCUT2D eigenvalue weighted by Gasteiger charge is 2.12. The van der Waals surface area contributed by atoms with Crippen molar-refractivity contribution in [2.45, 2.75) is 77.7 Å². The molecule has 1 fully saturated rings. The van der Waals surface area contributed by atoms with Crippen molar-refractivity contribution < 1.29 is 12.4 Å². The summed E-state index contributed by atoms with van der Waals surface area (Å²) in [5.74, 6) is 0.779. The number of rotatable bonds is 9. The maximum Gasteiger partial charge on any atom is 0.123 e. The highest BCUT2D eigenvalue weighted by molar-refractivity contribution is 7.16. The Kier molecular flexibility index (Phi) is 10.8. The van der Waals surface area contributed by atoms with Crippen molar-refractivity contribution >= 4 is 21.6 Å². The number of para-hydroxylation sites is 1. The Hall–Kier alpha value is -1.82. The average molecular weight is 475 g/mol. The first-order valence-electron chi connectivity index (χ1n) is 12.5. The van der Waals surface area contributed by atoms with Crippen LogP contribution in [0.4, 0.5) is 4.39 Å². The molecule has 2 aromatic carbocycles. The first-order valence-corrected chi connectivity index (χ1v) is 13.4. The van der Waals surface area contributed by atoms with Crippen LogP contribution in [0.25, 0.3) is 10.2 Å². The van der Waals surface area contributed by atoms with Gasteiger partial charge in [-0.15, -0.1) is 11.3 Å². The standard InChI is InChI=1S/C18H18FNS.C10H21NO.2H2/c1-2-3-5-13-11-16(19)9-8-14(13)10-15-6-4-7-17-18(15)20-12-21-17;1-9(12)3-2-4-10-5-7-11-8-6-10;;/h4,6-9,11-12H,2-3,5,10H2,1H3;9-12H,2-8H2,1H3;2*1H. The Labute approximate surface area is 205 Å². The zero-order valence-corrected chi connectivity index (χ0v) is 21.0. The van der Waals surface area contributed by atoms with Gasteiger partial charge in [0.05, 0.1) is 21.8 Å². The third-order valence-corrected chi connectivity index (χ3v) is 7.28. The Morgan fingerprint density at radius 1 is 1.15 bits per heavy atom. The van der Waals surface area contributed by atoms with E-state index in [2.05, 4.69) is 35.4 Å². The molecular weight excluding hydrogens is 431 g/mol. The van der Waals surface area contributed by atoms with Gasteiger partial charge in [0.15, 0.2) is 0 Å². The van der Waals surface area contributed by atoms with Crippen molar-refractivity contribution in [2.24, 2.45) is 5.92 Å². The second kappa shape index (κ2) is 13.8. The summed E-state index contributed by atoms with van der Waals surface area (Å²) in [6.45, 7) is 6.43. The van der Waals surface area contributed by atoms with E-state index in [-0.39, 0.29) is 14.8 Å². The normalized spacial score (nSPS) is 15.3. The second-order valence-electron chi connectivity index (χ2n) is 9.28. The van der Waals surface area contributed by atoms with Gasteiger partial charge in [-0.05, 0) is 99.3 Å². The fourth-order valence-corrected chi connectivity index (χ4v) is 5.26. The molecule has 33 heavy (non-hydrogen) atoms. The monoisotopic (exact) mass is 474 g/mol. The van der Waals surface area contributed by atoms with E-state index in [0.29, 0.717) is 0 Å². The topological polar surface area (TPSA) is 45.1 Å². The number of fused-ring (bicyclic) bond motifs is 1. The molecular formula is C28H43FN2OS. The molecule has 1 aliphatic heterocycles.